The molecule has 0 aliphatic heterocycles. The van der Waals surface area contributed by atoms with Gasteiger partial charge in [0.15, 0.2) is 0 Å². The van der Waals surface area contributed by atoms with Crippen molar-refractivity contribution in [3.63, 3.8) is 0 Å². The van der Waals surface area contributed by atoms with Crippen LogP contribution < -0.4 is 5.32 Å². The second kappa shape index (κ2) is 10.3. The molecule has 1 heterocycles. The van der Waals surface area contributed by atoms with E-state index in [1.54, 1.807) is 0 Å². The smallest absolute Gasteiger partial charge is 0.305 e. The second-order valence-electron chi connectivity index (χ2n) is 7.80. The molecule has 0 spiro atoms. The zero-order valence-electron chi connectivity index (χ0n) is 19.5. The quantitative estimate of drug-likeness (QED) is 0.509. The number of rotatable bonds is 8. The normalized spacial score (nSPS) is 10.8. The van der Waals surface area contributed by atoms with Crippen molar-refractivity contribution < 1.29 is 14.3 Å². The van der Waals surface area contributed by atoms with Crippen molar-refractivity contribution in [2.45, 2.75) is 53.4 Å². The molecule has 0 aliphatic carbocycles. The summed E-state index contributed by atoms with van der Waals surface area (Å²) in [5.74, 6) is -0.359. The number of nitrogens with zero attached hydrogens (tertiary/aromatic N) is 2. The summed E-state index contributed by atoms with van der Waals surface area (Å²) in [6.45, 7) is 8.11. The molecule has 0 atom stereocenters. The maximum absolute atomic E-state index is 12.9. The van der Waals surface area contributed by atoms with E-state index in [9.17, 15) is 9.59 Å². The number of hydrogen-bond acceptors (Lipinski definition) is 4. The van der Waals surface area contributed by atoms with Gasteiger partial charge in [0.05, 0.1) is 18.5 Å². The summed E-state index contributed by atoms with van der Waals surface area (Å²) in [4.78, 5) is 24.4. The van der Waals surface area contributed by atoms with Crippen molar-refractivity contribution in [1.82, 2.24) is 9.78 Å². The van der Waals surface area contributed by atoms with Gasteiger partial charge in [-0.05, 0) is 74.1 Å². The van der Waals surface area contributed by atoms with Crippen LogP contribution in [0.25, 0.3) is 5.69 Å². The third-order valence-corrected chi connectivity index (χ3v) is 5.86. The Morgan fingerprint density at radius 2 is 1.62 bits per heavy atom. The van der Waals surface area contributed by atoms with Crippen LogP contribution in [0.4, 0.5) is 5.69 Å². The molecule has 3 aromatic rings. The average Bonchev–Trinajstić information content (AvgIpc) is 3.10. The van der Waals surface area contributed by atoms with Gasteiger partial charge in [0.25, 0.3) is 5.91 Å². The highest BCUT2D eigenvalue weighted by atomic mass is 16.5. The zero-order valence-corrected chi connectivity index (χ0v) is 19.5. The van der Waals surface area contributed by atoms with Crippen molar-refractivity contribution in [3.8, 4) is 5.69 Å². The molecule has 6 heteroatoms. The number of para-hydroxylation sites is 1. The number of amides is 1. The predicted octanol–water partition coefficient (Wildman–Crippen LogP) is 4.97. The minimum absolute atomic E-state index is 0.126. The Morgan fingerprint density at radius 1 is 1.00 bits per heavy atom. The minimum atomic E-state index is -0.234. The number of nitrogens with one attached hydrogen (secondary N) is 1. The van der Waals surface area contributed by atoms with Crippen LogP contribution in [-0.2, 0) is 28.8 Å². The lowest BCUT2D eigenvalue weighted by molar-refractivity contribution is -0.140. The van der Waals surface area contributed by atoms with Crippen LogP contribution in [0.1, 0.15) is 58.7 Å². The first-order valence-corrected chi connectivity index (χ1v) is 11.0. The molecule has 0 saturated carbocycles. The molecule has 0 aliphatic rings. The van der Waals surface area contributed by atoms with Gasteiger partial charge in [-0.25, -0.2) is 4.68 Å². The first kappa shape index (κ1) is 23.3. The predicted molar refractivity (Wildman–Crippen MR) is 127 cm³/mol. The lowest BCUT2D eigenvalue weighted by atomic mass is 10.0. The highest BCUT2D eigenvalue weighted by Crippen LogP contribution is 2.24. The van der Waals surface area contributed by atoms with E-state index < -0.39 is 0 Å². The van der Waals surface area contributed by atoms with E-state index in [0.717, 1.165) is 52.3 Å². The summed E-state index contributed by atoms with van der Waals surface area (Å²) in [5, 5.41) is 7.74. The third kappa shape index (κ3) is 4.90. The van der Waals surface area contributed by atoms with Gasteiger partial charge in [0, 0.05) is 23.4 Å². The number of esters is 1. The molecule has 0 radical (unpaired) electrons. The van der Waals surface area contributed by atoms with Gasteiger partial charge in [0.2, 0.25) is 0 Å². The van der Waals surface area contributed by atoms with Crippen molar-refractivity contribution in [3.05, 3.63) is 76.1 Å². The maximum Gasteiger partial charge on any atom is 0.305 e. The van der Waals surface area contributed by atoms with Crippen LogP contribution in [0.3, 0.4) is 0 Å². The molecule has 0 saturated heterocycles. The zero-order chi connectivity index (χ0) is 23.3. The van der Waals surface area contributed by atoms with Crippen molar-refractivity contribution >= 4 is 17.6 Å². The van der Waals surface area contributed by atoms with Crippen LogP contribution >= 0.6 is 0 Å². The number of hydrogen-bond donors (Lipinski definition) is 1. The molecule has 0 fully saturated rings. The number of carbonyl (C=O) groups is 2. The maximum atomic E-state index is 12.9. The van der Waals surface area contributed by atoms with Gasteiger partial charge in [0.1, 0.15) is 0 Å². The molecule has 32 heavy (non-hydrogen) atoms. The SMILES string of the molecule is CCc1cccc(CC)c1NC(=O)c1ccc(-n2nc(C)c(CCC(=O)OC)c2C)cc1. The van der Waals surface area contributed by atoms with Gasteiger partial charge in [-0.2, -0.15) is 5.10 Å². The van der Waals surface area contributed by atoms with E-state index >= 15 is 0 Å². The number of carbonyl (C=O) groups excluding carboxylic acids is 2. The number of ether oxygens (including phenoxy) is 1. The van der Waals surface area contributed by atoms with Crippen molar-refractivity contribution in [2.75, 3.05) is 12.4 Å². The highest BCUT2D eigenvalue weighted by molar-refractivity contribution is 6.05. The lowest BCUT2D eigenvalue weighted by Gasteiger charge is -2.14. The fourth-order valence-corrected chi connectivity index (χ4v) is 3.96. The van der Waals surface area contributed by atoms with Gasteiger partial charge in [-0.1, -0.05) is 32.0 Å². The van der Waals surface area contributed by atoms with E-state index in [1.165, 1.54) is 7.11 Å². The highest BCUT2D eigenvalue weighted by Gasteiger charge is 2.16. The minimum Gasteiger partial charge on any atom is -0.469 e. The molecule has 3 rings (SSSR count). The van der Waals surface area contributed by atoms with Gasteiger partial charge in [-0.15, -0.1) is 0 Å². The molecule has 168 valence electrons. The summed E-state index contributed by atoms with van der Waals surface area (Å²) >= 11 is 0. The number of anilines is 1. The molecular formula is C26H31N3O3. The number of aryl methyl sites for hydroxylation is 3. The summed E-state index contributed by atoms with van der Waals surface area (Å²) < 4.78 is 6.60. The number of methoxy groups -OCH3 is 1. The first-order chi connectivity index (χ1) is 15.4. The van der Waals surface area contributed by atoms with Crippen LogP contribution in [0, 0.1) is 13.8 Å². The average molecular weight is 434 g/mol. The molecule has 0 bridgehead atoms. The Kier molecular flexibility index (Phi) is 7.46. The number of aromatic nitrogens is 2. The summed E-state index contributed by atoms with van der Waals surface area (Å²) in [6.07, 6.45) is 2.63. The van der Waals surface area contributed by atoms with Gasteiger partial charge in [-0.3, -0.25) is 9.59 Å². The fourth-order valence-electron chi connectivity index (χ4n) is 3.96. The van der Waals surface area contributed by atoms with E-state index in [0.29, 0.717) is 18.4 Å². The van der Waals surface area contributed by atoms with Crippen LogP contribution in [0.5, 0.6) is 0 Å². The second-order valence-corrected chi connectivity index (χ2v) is 7.80. The summed E-state index contributed by atoms with van der Waals surface area (Å²) in [7, 11) is 1.40. The first-order valence-electron chi connectivity index (χ1n) is 11.0. The summed E-state index contributed by atoms with van der Waals surface area (Å²) in [5.41, 5.74) is 7.56. The molecular weight excluding hydrogens is 402 g/mol. The topological polar surface area (TPSA) is 73.2 Å². The Hall–Kier alpha value is -3.41. The van der Waals surface area contributed by atoms with Crippen LogP contribution in [-0.4, -0.2) is 28.8 Å². The van der Waals surface area contributed by atoms with Crippen LogP contribution in [0.2, 0.25) is 0 Å². The van der Waals surface area contributed by atoms with Gasteiger partial charge < -0.3 is 10.1 Å². The Labute approximate surface area is 189 Å². The fraction of sp³-hybridized carbons (Fsp3) is 0.346. The molecule has 1 amide bonds. The van der Waals surface area contributed by atoms with E-state index in [4.69, 9.17) is 4.74 Å². The van der Waals surface area contributed by atoms with Crippen LogP contribution in [0.15, 0.2) is 42.5 Å². The van der Waals surface area contributed by atoms with E-state index in [-0.39, 0.29) is 11.9 Å². The Balaban J connectivity index is 1.80. The molecule has 6 nitrogen and oxygen atoms in total. The monoisotopic (exact) mass is 433 g/mol. The van der Waals surface area contributed by atoms with Crippen molar-refractivity contribution in [2.24, 2.45) is 0 Å². The van der Waals surface area contributed by atoms with Crippen molar-refractivity contribution in [1.29, 1.82) is 0 Å². The lowest BCUT2D eigenvalue weighted by Crippen LogP contribution is -2.15. The number of benzene rings is 2. The largest absolute Gasteiger partial charge is 0.469 e. The Bertz CT molecular complexity index is 1090. The summed E-state index contributed by atoms with van der Waals surface area (Å²) in [6, 6.07) is 13.6. The standard InChI is InChI=1S/C26H31N3O3/c1-6-19-9-8-10-20(7-2)25(19)27-26(31)21-11-13-22(14-12-21)29-18(4)23(17(3)28-29)15-16-24(30)32-5/h8-14H,6-7,15-16H2,1-5H3,(H,27,31). The Morgan fingerprint density at radius 3 is 2.19 bits per heavy atom. The third-order valence-electron chi connectivity index (χ3n) is 5.86. The molecule has 1 aromatic heterocycles. The van der Waals surface area contributed by atoms with E-state index in [2.05, 4.69) is 36.4 Å². The molecule has 2 aromatic carbocycles. The molecule has 1 N–H and O–H groups in total. The van der Waals surface area contributed by atoms with E-state index in [1.807, 2.05) is 48.9 Å². The van der Waals surface area contributed by atoms with Gasteiger partial charge >= 0.3 is 5.97 Å². The molecule has 0 unspecified atom stereocenters.